The molecule has 0 aliphatic carbocycles. The molecule has 0 aromatic heterocycles. The third-order valence-corrected chi connectivity index (χ3v) is 7.19. The molecule has 0 bridgehead atoms. The smallest absolute Gasteiger partial charge is 0.338 e. The monoisotopic (exact) mass is 491 g/mol. The molecule has 1 atom stereocenters. The second-order valence-corrected chi connectivity index (χ2v) is 9.66. The predicted octanol–water partition coefficient (Wildman–Crippen LogP) is 5.25. The maximum atomic E-state index is 13.1. The summed E-state index contributed by atoms with van der Waals surface area (Å²) in [5, 5.41) is 0.330. The molecule has 0 radical (unpaired) electrons. The molecule has 3 aromatic carbocycles. The van der Waals surface area contributed by atoms with Crippen molar-refractivity contribution < 1.29 is 22.7 Å². The van der Waals surface area contributed by atoms with Crippen LogP contribution in [-0.2, 0) is 14.8 Å². The molecule has 0 spiro atoms. The van der Waals surface area contributed by atoms with Crippen LogP contribution in [0.5, 0.6) is 0 Å². The molecular weight excluding hydrogens is 473 g/mol. The van der Waals surface area contributed by atoms with E-state index in [0.29, 0.717) is 16.3 Å². The molecule has 0 aliphatic rings. The number of rotatable bonds is 7. The summed E-state index contributed by atoms with van der Waals surface area (Å²) in [7, 11) is -2.67. The number of carbonyl (C=O) groups is 2. The van der Waals surface area contributed by atoms with E-state index < -0.39 is 27.9 Å². The Hall–Kier alpha value is -2.87. The number of ketones is 1. The van der Waals surface area contributed by atoms with E-state index in [0.717, 1.165) is 10.4 Å². The van der Waals surface area contributed by atoms with Gasteiger partial charge in [-0.15, -0.1) is 0 Å². The topological polar surface area (TPSA) is 80.8 Å². The fourth-order valence-electron chi connectivity index (χ4n) is 2.91. The van der Waals surface area contributed by atoms with Gasteiger partial charge in [-0.25, -0.2) is 13.2 Å². The van der Waals surface area contributed by atoms with Crippen molar-refractivity contribution in [3.63, 3.8) is 0 Å². The highest BCUT2D eigenvalue weighted by atomic mass is 35.5. The van der Waals surface area contributed by atoms with E-state index in [4.69, 9.17) is 27.9 Å². The Bertz CT molecular complexity index is 1260. The Kier molecular flexibility index (Phi) is 7.23. The predicted molar refractivity (Wildman–Crippen MR) is 124 cm³/mol. The van der Waals surface area contributed by atoms with Gasteiger partial charge in [0.15, 0.2) is 6.10 Å². The van der Waals surface area contributed by atoms with Crippen molar-refractivity contribution in [3.8, 4) is 0 Å². The zero-order chi connectivity index (χ0) is 23.5. The summed E-state index contributed by atoms with van der Waals surface area (Å²) in [4.78, 5) is 24.9. The average Bonchev–Trinajstić information content (AvgIpc) is 2.78. The molecule has 3 aromatic rings. The van der Waals surface area contributed by atoms with E-state index in [9.17, 15) is 18.0 Å². The van der Waals surface area contributed by atoms with Gasteiger partial charge >= 0.3 is 5.97 Å². The van der Waals surface area contributed by atoms with Crippen molar-refractivity contribution in [2.24, 2.45) is 0 Å². The number of anilines is 1. The molecular formula is C23H19Cl2NO5S. The van der Waals surface area contributed by atoms with E-state index in [2.05, 4.69) is 0 Å². The molecule has 0 heterocycles. The largest absolute Gasteiger partial charge is 0.451 e. The van der Waals surface area contributed by atoms with Gasteiger partial charge < -0.3 is 4.74 Å². The van der Waals surface area contributed by atoms with E-state index in [1.54, 1.807) is 48.5 Å². The van der Waals surface area contributed by atoms with Crippen LogP contribution in [-0.4, -0.2) is 33.3 Å². The molecule has 0 fully saturated rings. The highest BCUT2D eigenvalue weighted by molar-refractivity contribution is 7.93. The van der Waals surface area contributed by atoms with Crippen LogP contribution in [0.2, 0.25) is 10.0 Å². The normalized spacial score (nSPS) is 12.1. The quantitative estimate of drug-likeness (QED) is 0.333. The van der Waals surface area contributed by atoms with Crippen LogP contribution < -0.4 is 4.31 Å². The number of hydrogen-bond donors (Lipinski definition) is 0. The van der Waals surface area contributed by atoms with Crippen LogP contribution in [0.25, 0.3) is 0 Å². The summed E-state index contributed by atoms with van der Waals surface area (Å²) in [6.45, 7) is 1.43. The summed E-state index contributed by atoms with van der Waals surface area (Å²) < 4.78 is 32.5. The first-order valence-electron chi connectivity index (χ1n) is 9.45. The van der Waals surface area contributed by atoms with Crippen molar-refractivity contribution >= 4 is 50.7 Å². The van der Waals surface area contributed by atoms with Crippen molar-refractivity contribution in [2.75, 3.05) is 11.4 Å². The highest BCUT2D eigenvalue weighted by Crippen LogP contribution is 2.28. The van der Waals surface area contributed by atoms with Gasteiger partial charge in [0.2, 0.25) is 5.78 Å². The van der Waals surface area contributed by atoms with Crippen molar-refractivity contribution in [2.45, 2.75) is 17.9 Å². The van der Waals surface area contributed by atoms with Gasteiger partial charge in [-0.3, -0.25) is 9.10 Å². The highest BCUT2D eigenvalue weighted by Gasteiger charge is 2.27. The number of carbonyl (C=O) groups excluding carboxylic acids is 2. The fourth-order valence-corrected chi connectivity index (χ4v) is 4.80. The van der Waals surface area contributed by atoms with Gasteiger partial charge in [0.05, 0.1) is 16.3 Å². The third-order valence-electron chi connectivity index (χ3n) is 4.69. The Morgan fingerprint density at radius 2 is 1.59 bits per heavy atom. The number of hydrogen-bond acceptors (Lipinski definition) is 5. The maximum absolute atomic E-state index is 13.1. The minimum absolute atomic E-state index is 0.0487. The number of ether oxygens (including phenoxy) is 1. The van der Waals surface area contributed by atoms with Crippen LogP contribution in [0, 0.1) is 0 Å². The molecule has 166 valence electrons. The zero-order valence-corrected chi connectivity index (χ0v) is 19.5. The van der Waals surface area contributed by atoms with Gasteiger partial charge in [0.25, 0.3) is 10.0 Å². The van der Waals surface area contributed by atoms with Gasteiger partial charge in [0, 0.05) is 17.6 Å². The lowest BCUT2D eigenvalue weighted by Crippen LogP contribution is -2.27. The first kappa shape index (κ1) is 23.8. The Morgan fingerprint density at radius 1 is 0.906 bits per heavy atom. The number of Topliss-reactive ketones (excluding diaryl/α,β-unsaturated/α-hetero) is 1. The summed E-state index contributed by atoms with van der Waals surface area (Å²) in [6, 6.07) is 18.5. The molecule has 1 unspecified atom stereocenters. The lowest BCUT2D eigenvalue weighted by atomic mass is 10.1. The van der Waals surface area contributed by atoms with E-state index in [1.165, 1.54) is 32.2 Å². The van der Waals surface area contributed by atoms with Crippen LogP contribution in [0.15, 0.2) is 77.7 Å². The Balaban J connectivity index is 1.84. The summed E-state index contributed by atoms with van der Waals surface area (Å²) in [6.07, 6.45) is -1.11. The van der Waals surface area contributed by atoms with Gasteiger partial charge in [-0.05, 0) is 49.4 Å². The lowest BCUT2D eigenvalue weighted by molar-refractivity contribution is 0.0318. The second kappa shape index (κ2) is 9.73. The minimum Gasteiger partial charge on any atom is -0.451 e. The van der Waals surface area contributed by atoms with E-state index in [1.807, 2.05) is 0 Å². The van der Waals surface area contributed by atoms with Gasteiger partial charge in [-0.1, -0.05) is 53.5 Å². The lowest BCUT2D eigenvalue weighted by Gasteiger charge is -2.20. The first-order chi connectivity index (χ1) is 15.1. The maximum Gasteiger partial charge on any atom is 0.338 e. The SMILES string of the molecule is CC(OC(=O)c1ccc(Cl)c(S(=O)(=O)N(C)c2ccccc2)c1)C(=O)c1cccc(Cl)c1. The standard InChI is InChI=1S/C23H19Cl2NO5S/c1-15(22(27)16-7-6-8-18(24)13-16)31-23(28)17-11-12-20(25)21(14-17)32(29,30)26(2)19-9-4-3-5-10-19/h3-15H,1-2H3. The Labute approximate surface area is 196 Å². The number of benzene rings is 3. The fraction of sp³-hybridized carbons (Fsp3) is 0.130. The van der Waals surface area contributed by atoms with Crippen LogP contribution in [0.1, 0.15) is 27.6 Å². The number of nitrogens with zero attached hydrogens (tertiary/aromatic N) is 1. The van der Waals surface area contributed by atoms with Crippen LogP contribution >= 0.6 is 23.2 Å². The molecule has 0 saturated heterocycles. The van der Waals surface area contributed by atoms with E-state index >= 15 is 0 Å². The molecule has 32 heavy (non-hydrogen) atoms. The minimum atomic E-state index is -4.06. The molecule has 0 saturated carbocycles. The summed E-state index contributed by atoms with van der Waals surface area (Å²) >= 11 is 12.1. The first-order valence-corrected chi connectivity index (χ1v) is 11.6. The molecule has 0 amide bonds. The van der Waals surface area contributed by atoms with Crippen molar-refractivity contribution in [1.82, 2.24) is 0 Å². The summed E-state index contributed by atoms with van der Waals surface area (Å²) in [5.74, 6) is -1.30. The van der Waals surface area contributed by atoms with Crippen molar-refractivity contribution in [1.29, 1.82) is 0 Å². The Morgan fingerprint density at radius 3 is 2.25 bits per heavy atom. The molecule has 9 heteroatoms. The number of para-hydroxylation sites is 1. The molecule has 6 nitrogen and oxygen atoms in total. The zero-order valence-electron chi connectivity index (χ0n) is 17.2. The van der Waals surface area contributed by atoms with Crippen molar-refractivity contribution in [3.05, 3.63) is 94.0 Å². The van der Waals surface area contributed by atoms with E-state index in [-0.39, 0.29) is 15.5 Å². The molecule has 3 rings (SSSR count). The summed E-state index contributed by atoms with van der Waals surface area (Å²) in [5.41, 5.74) is 0.666. The van der Waals surface area contributed by atoms with Crippen LogP contribution in [0.3, 0.4) is 0 Å². The second-order valence-electron chi connectivity index (χ2n) is 6.88. The molecule has 0 N–H and O–H groups in total. The van der Waals surface area contributed by atoms with Gasteiger partial charge in [-0.2, -0.15) is 0 Å². The van der Waals surface area contributed by atoms with Gasteiger partial charge in [0.1, 0.15) is 4.90 Å². The molecule has 0 aliphatic heterocycles. The third kappa shape index (κ3) is 5.12. The number of esters is 1. The average molecular weight is 492 g/mol. The number of sulfonamides is 1. The van der Waals surface area contributed by atoms with Crippen LogP contribution in [0.4, 0.5) is 5.69 Å². The number of halogens is 2.